The molecule has 0 aliphatic carbocycles. The fraction of sp³-hybridized carbons (Fsp3) is 0.490. The van der Waals surface area contributed by atoms with Gasteiger partial charge < -0.3 is 44.1 Å². The first-order valence-electron chi connectivity index (χ1n) is 23.7. The van der Waals surface area contributed by atoms with Crippen LogP contribution in [-0.4, -0.2) is 151 Å². The van der Waals surface area contributed by atoms with Crippen molar-refractivity contribution in [1.82, 2.24) is 20.1 Å². The topological polar surface area (TPSA) is 144 Å². The number of piperidine rings is 1. The molecular formula is C51H65F3N6O8S. The van der Waals surface area contributed by atoms with Gasteiger partial charge in [-0.15, -0.1) is 0 Å². The van der Waals surface area contributed by atoms with Gasteiger partial charge in [-0.3, -0.25) is 24.3 Å². The second-order valence-electron chi connectivity index (χ2n) is 16.8. The lowest BCUT2D eigenvalue weighted by Gasteiger charge is -2.29. The Morgan fingerprint density at radius 2 is 1.43 bits per heavy atom. The zero-order valence-electron chi connectivity index (χ0n) is 39.4. The molecule has 0 atom stereocenters. The predicted octanol–water partition coefficient (Wildman–Crippen LogP) is 7.42. The summed E-state index contributed by atoms with van der Waals surface area (Å²) in [7, 11) is 1.83. The van der Waals surface area contributed by atoms with Crippen LogP contribution in [0.15, 0.2) is 85.1 Å². The summed E-state index contributed by atoms with van der Waals surface area (Å²) in [6.07, 6.45) is 0.669. The monoisotopic (exact) mass is 978 g/mol. The SMILES string of the molecule is CN(CCN1CCOCC1)C(=O)CCOCCOCCOCCOCCSCc1cccc(C(=O)Nc2ccc(N3CCCCC3)cc2-c2cc(C(=O)NCc3cccc(C(F)(F)F)c3)ccn2)c1. The van der Waals surface area contributed by atoms with Crippen molar-refractivity contribution in [2.24, 2.45) is 0 Å². The van der Waals surface area contributed by atoms with Crippen LogP contribution in [0.1, 0.15) is 63.1 Å². The third kappa shape index (κ3) is 18.3. The molecule has 0 unspecified atom stereocenters. The third-order valence-corrected chi connectivity index (χ3v) is 12.7. The molecule has 0 saturated carbocycles. The lowest BCUT2D eigenvalue weighted by Crippen LogP contribution is -2.42. The molecule has 3 aromatic carbocycles. The van der Waals surface area contributed by atoms with Crippen molar-refractivity contribution >= 4 is 40.9 Å². The summed E-state index contributed by atoms with van der Waals surface area (Å²) in [5.41, 5.74) is 3.88. The van der Waals surface area contributed by atoms with Gasteiger partial charge in [-0.2, -0.15) is 24.9 Å². The van der Waals surface area contributed by atoms with Gasteiger partial charge in [0.2, 0.25) is 5.91 Å². The average Bonchev–Trinajstić information content (AvgIpc) is 3.37. The van der Waals surface area contributed by atoms with E-state index in [1.54, 1.807) is 34.9 Å². The Labute approximate surface area is 407 Å². The van der Waals surface area contributed by atoms with Crippen LogP contribution >= 0.6 is 11.8 Å². The first-order valence-corrected chi connectivity index (χ1v) is 24.8. The standard InChI is InChI=1S/C51H65F3N6O8S/c1-58(18-19-59-20-23-65-24-21-59)48(61)14-22-64-25-26-66-27-28-67-29-30-68-31-32-69-38-40-8-5-9-41(33-40)50(63)57-46-12-11-44(60-16-3-2-4-17-60)36-45(46)47-35-42(13-15-55-47)49(62)56-37-39-7-6-10-43(34-39)51(52,53)54/h5-13,15,33-36H,2-4,14,16-32,37-38H2,1H3,(H,56,62)(H,57,63). The summed E-state index contributed by atoms with van der Waals surface area (Å²) in [5.74, 6) is 0.752. The van der Waals surface area contributed by atoms with Gasteiger partial charge >= 0.3 is 6.18 Å². The number of hydrogen-bond donors (Lipinski definition) is 2. The number of aromatic nitrogens is 1. The lowest BCUT2D eigenvalue weighted by atomic mass is 10.0. The Morgan fingerprint density at radius 3 is 2.17 bits per heavy atom. The molecule has 4 aromatic rings. The number of amides is 3. The van der Waals surface area contributed by atoms with Gasteiger partial charge in [0.15, 0.2) is 0 Å². The largest absolute Gasteiger partial charge is 0.416 e. The van der Waals surface area contributed by atoms with Gasteiger partial charge in [0.25, 0.3) is 11.8 Å². The number of anilines is 2. The minimum atomic E-state index is -4.49. The average molecular weight is 979 g/mol. The molecule has 0 radical (unpaired) electrons. The number of thioether (sulfide) groups is 1. The Morgan fingerprint density at radius 1 is 0.754 bits per heavy atom. The molecule has 14 nitrogen and oxygen atoms in total. The predicted molar refractivity (Wildman–Crippen MR) is 262 cm³/mol. The van der Waals surface area contributed by atoms with Crippen LogP contribution in [0.2, 0.25) is 0 Å². The Balaban J connectivity index is 0.882. The quantitative estimate of drug-likeness (QED) is 0.0575. The number of hydrogen-bond acceptors (Lipinski definition) is 12. The highest BCUT2D eigenvalue weighted by atomic mass is 32.2. The Hall–Kier alpha value is -5.08. The van der Waals surface area contributed by atoms with Crippen molar-refractivity contribution in [3.63, 3.8) is 0 Å². The highest BCUT2D eigenvalue weighted by Gasteiger charge is 2.30. The van der Waals surface area contributed by atoms with Crippen LogP contribution in [-0.2, 0) is 47.0 Å². The van der Waals surface area contributed by atoms with E-state index in [9.17, 15) is 27.6 Å². The van der Waals surface area contributed by atoms with Crippen molar-refractivity contribution in [2.45, 2.75) is 44.2 Å². The highest BCUT2D eigenvalue weighted by Crippen LogP contribution is 2.34. The van der Waals surface area contributed by atoms with E-state index >= 15 is 0 Å². The zero-order valence-corrected chi connectivity index (χ0v) is 40.3. The number of halogens is 3. The molecule has 3 heterocycles. The van der Waals surface area contributed by atoms with Crippen LogP contribution in [0.4, 0.5) is 24.5 Å². The molecule has 374 valence electrons. The summed E-state index contributed by atoms with van der Waals surface area (Å²) >= 11 is 1.70. The first-order chi connectivity index (χ1) is 33.5. The van der Waals surface area contributed by atoms with E-state index in [0.29, 0.717) is 99.6 Å². The summed E-state index contributed by atoms with van der Waals surface area (Å²) in [4.78, 5) is 50.4. The molecular weight excluding hydrogens is 914 g/mol. The van der Waals surface area contributed by atoms with Gasteiger partial charge in [-0.25, -0.2) is 0 Å². The van der Waals surface area contributed by atoms with Gasteiger partial charge in [-0.05, 0) is 85.0 Å². The van der Waals surface area contributed by atoms with Gasteiger partial charge in [-0.1, -0.05) is 24.3 Å². The first kappa shape index (κ1) is 53.3. The molecule has 0 bridgehead atoms. The lowest BCUT2D eigenvalue weighted by molar-refractivity contribution is -0.137. The summed E-state index contributed by atoms with van der Waals surface area (Å²) in [6.45, 7) is 10.1. The van der Waals surface area contributed by atoms with Gasteiger partial charge in [0.1, 0.15) is 0 Å². The fourth-order valence-corrected chi connectivity index (χ4v) is 8.52. The van der Waals surface area contributed by atoms with Crippen LogP contribution in [0, 0.1) is 0 Å². The second kappa shape index (κ2) is 28.6. The molecule has 2 aliphatic rings. The Kier molecular flexibility index (Phi) is 22.0. The number of ether oxygens (including phenoxy) is 5. The van der Waals surface area contributed by atoms with Crippen LogP contribution in [0.5, 0.6) is 0 Å². The summed E-state index contributed by atoms with van der Waals surface area (Å²) in [5, 5.41) is 5.80. The molecule has 2 saturated heterocycles. The summed E-state index contributed by atoms with van der Waals surface area (Å²) in [6, 6.07) is 21.3. The zero-order chi connectivity index (χ0) is 48.7. The number of alkyl halides is 3. The highest BCUT2D eigenvalue weighted by molar-refractivity contribution is 7.98. The summed E-state index contributed by atoms with van der Waals surface area (Å²) < 4.78 is 67.7. The second-order valence-corrected chi connectivity index (χ2v) is 17.9. The number of carbonyl (C=O) groups excluding carboxylic acids is 3. The molecule has 2 aliphatic heterocycles. The maximum atomic E-state index is 13.8. The van der Waals surface area contributed by atoms with Crippen molar-refractivity contribution in [2.75, 3.05) is 128 Å². The Bertz CT molecular complexity index is 2230. The van der Waals surface area contributed by atoms with Gasteiger partial charge in [0.05, 0.1) is 89.4 Å². The van der Waals surface area contributed by atoms with Gasteiger partial charge in [0, 0.05) is 92.9 Å². The maximum Gasteiger partial charge on any atom is 0.416 e. The number of rotatable bonds is 27. The van der Waals surface area contributed by atoms with E-state index < -0.39 is 17.6 Å². The van der Waals surface area contributed by atoms with E-state index in [4.69, 9.17) is 23.7 Å². The molecule has 2 N–H and O–H groups in total. The molecule has 0 spiro atoms. The number of benzene rings is 3. The number of likely N-dealkylation sites (N-methyl/N-ethyl adjacent to an activating group) is 1. The number of morpholine rings is 1. The van der Waals surface area contributed by atoms with E-state index in [-0.39, 0.29) is 23.9 Å². The smallest absolute Gasteiger partial charge is 0.379 e. The van der Waals surface area contributed by atoms with E-state index in [1.165, 1.54) is 18.3 Å². The van der Waals surface area contributed by atoms with E-state index in [1.807, 2.05) is 43.4 Å². The van der Waals surface area contributed by atoms with Crippen molar-refractivity contribution in [3.8, 4) is 11.3 Å². The van der Waals surface area contributed by atoms with Crippen LogP contribution < -0.4 is 15.5 Å². The van der Waals surface area contributed by atoms with Crippen molar-refractivity contribution in [3.05, 3.63) is 113 Å². The van der Waals surface area contributed by atoms with Crippen molar-refractivity contribution in [1.29, 1.82) is 0 Å². The molecule has 3 amide bonds. The molecule has 1 aromatic heterocycles. The number of nitrogens with zero attached hydrogens (tertiary/aromatic N) is 4. The normalized spacial score (nSPS) is 14.4. The molecule has 18 heteroatoms. The minimum absolute atomic E-state index is 0.0708. The fourth-order valence-electron chi connectivity index (χ4n) is 7.72. The van der Waals surface area contributed by atoms with E-state index in [0.717, 1.165) is 94.3 Å². The van der Waals surface area contributed by atoms with Crippen LogP contribution in [0.3, 0.4) is 0 Å². The molecule has 69 heavy (non-hydrogen) atoms. The molecule has 2 fully saturated rings. The number of carbonyl (C=O) groups is 3. The van der Waals surface area contributed by atoms with Crippen LogP contribution in [0.25, 0.3) is 11.3 Å². The minimum Gasteiger partial charge on any atom is -0.379 e. The van der Waals surface area contributed by atoms with E-state index in [2.05, 4.69) is 25.4 Å². The maximum absolute atomic E-state index is 13.8. The third-order valence-electron chi connectivity index (χ3n) is 11.7. The number of pyridine rings is 1. The molecule has 6 rings (SSSR count). The number of nitrogens with one attached hydrogen (secondary N) is 2. The van der Waals surface area contributed by atoms with Crippen molar-refractivity contribution < 1.29 is 51.2 Å².